The van der Waals surface area contributed by atoms with Gasteiger partial charge in [-0.2, -0.15) is 0 Å². The van der Waals surface area contributed by atoms with Crippen molar-refractivity contribution in [1.82, 2.24) is 5.32 Å². The van der Waals surface area contributed by atoms with Gasteiger partial charge in [0.1, 0.15) is 5.75 Å². The van der Waals surface area contributed by atoms with Gasteiger partial charge in [-0.1, -0.05) is 53.5 Å². The predicted molar refractivity (Wildman–Crippen MR) is 115 cm³/mol. The van der Waals surface area contributed by atoms with E-state index in [1.54, 1.807) is 31.4 Å². The van der Waals surface area contributed by atoms with Crippen LogP contribution in [0.3, 0.4) is 0 Å². The molecule has 148 valence electrons. The van der Waals surface area contributed by atoms with Gasteiger partial charge >= 0.3 is 0 Å². The lowest BCUT2D eigenvalue weighted by Gasteiger charge is -2.14. The van der Waals surface area contributed by atoms with Crippen LogP contribution in [0.15, 0.2) is 66.7 Å². The summed E-state index contributed by atoms with van der Waals surface area (Å²) in [7, 11) is 1.54. The number of hydrogen-bond donors (Lipinski definition) is 2. The first-order chi connectivity index (χ1) is 14.0. The molecule has 29 heavy (non-hydrogen) atoms. The summed E-state index contributed by atoms with van der Waals surface area (Å²) in [4.78, 5) is 25.4. The molecule has 3 aromatic carbocycles. The van der Waals surface area contributed by atoms with Crippen molar-refractivity contribution >= 4 is 40.7 Å². The number of methoxy groups -OCH3 is 1. The third-order valence-electron chi connectivity index (χ3n) is 4.19. The van der Waals surface area contributed by atoms with Crippen molar-refractivity contribution in [3.8, 4) is 5.75 Å². The number of anilines is 1. The number of nitrogens with one attached hydrogen (secondary N) is 2. The normalized spacial score (nSPS) is 10.3. The summed E-state index contributed by atoms with van der Waals surface area (Å²) in [5.41, 5.74) is 1.72. The molecule has 0 saturated carbocycles. The second-order valence-electron chi connectivity index (χ2n) is 6.16. The minimum absolute atomic E-state index is 0.171. The zero-order valence-corrected chi connectivity index (χ0v) is 17.1. The summed E-state index contributed by atoms with van der Waals surface area (Å²) in [6.07, 6.45) is 0. The monoisotopic (exact) mass is 428 g/mol. The van der Waals surface area contributed by atoms with E-state index >= 15 is 0 Å². The first kappa shape index (κ1) is 20.7. The number of rotatable bonds is 6. The third-order valence-corrected chi connectivity index (χ3v) is 4.70. The first-order valence-corrected chi connectivity index (χ1v) is 9.50. The van der Waals surface area contributed by atoms with Crippen LogP contribution in [-0.2, 0) is 6.54 Å². The van der Waals surface area contributed by atoms with E-state index in [9.17, 15) is 9.59 Å². The molecular formula is C22H18Cl2N2O3. The fraction of sp³-hybridized carbons (Fsp3) is 0.0909. The number of carbonyl (C=O) groups is 2. The molecule has 2 amide bonds. The number of ether oxygens (including phenoxy) is 1. The largest absolute Gasteiger partial charge is 0.497 e. The molecule has 0 aliphatic carbocycles. The van der Waals surface area contributed by atoms with Crippen LogP contribution in [0.1, 0.15) is 26.3 Å². The lowest BCUT2D eigenvalue weighted by atomic mass is 10.1. The molecule has 0 atom stereocenters. The molecule has 0 heterocycles. The lowest BCUT2D eigenvalue weighted by Crippen LogP contribution is -2.25. The highest BCUT2D eigenvalue weighted by atomic mass is 35.5. The van der Waals surface area contributed by atoms with Gasteiger partial charge in [-0.05, 0) is 42.0 Å². The minimum Gasteiger partial charge on any atom is -0.497 e. The fourth-order valence-electron chi connectivity index (χ4n) is 2.68. The predicted octanol–water partition coefficient (Wildman–Crippen LogP) is 5.18. The summed E-state index contributed by atoms with van der Waals surface area (Å²) >= 11 is 12.4. The van der Waals surface area contributed by atoms with Crippen LogP contribution in [0.25, 0.3) is 0 Å². The van der Waals surface area contributed by atoms with Crippen molar-refractivity contribution in [2.45, 2.75) is 6.54 Å². The Kier molecular flexibility index (Phi) is 6.75. The Morgan fingerprint density at radius 3 is 2.28 bits per heavy atom. The molecule has 5 nitrogen and oxygen atoms in total. The Morgan fingerprint density at radius 2 is 1.62 bits per heavy atom. The molecule has 3 aromatic rings. The van der Waals surface area contributed by atoms with E-state index < -0.39 is 11.8 Å². The van der Waals surface area contributed by atoms with Crippen LogP contribution in [0.2, 0.25) is 10.0 Å². The van der Waals surface area contributed by atoms with E-state index in [1.807, 2.05) is 30.3 Å². The van der Waals surface area contributed by atoms with E-state index in [0.717, 1.165) is 5.56 Å². The Morgan fingerprint density at radius 1 is 0.931 bits per heavy atom. The Balaban J connectivity index is 1.82. The van der Waals surface area contributed by atoms with Crippen molar-refractivity contribution < 1.29 is 14.3 Å². The van der Waals surface area contributed by atoms with E-state index in [1.165, 1.54) is 12.1 Å². The quantitative estimate of drug-likeness (QED) is 0.567. The summed E-state index contributed by atoms with van der Waals surface area (Å²) in [5, 5.41) is 5.99. The van der Waals surface area contributed by atoms with Gasteiger partial charge in [-0.3, -0.25) is 9.59 Å². The number of hydrogen-bond acceptors (Lipinski definition) is 3. The highest BCUT2D eigenvalue weighted by Crippen LogP contribution is 2.31. The molecule has 0 spiro atoms. The molecule has 7 heteroatoms. The SMILES string of the molecule is COc1ccc(C(=O)Nc2c(Cl)cc(Cl)cc2C(=O)NCc2ccccc2)cc1. The van der Waals surface area contributed by atoms with Crippen LogP contribution in [0.4, 0.5) is 5.69 Å². The highest BCUT2D eigenvalue weighted by Gasteiger charge is 2.19. The van der Waals surface area contributed by atoms with Gasteiger partial charge in [0, 0.05) is 17.1 Å². The van der Waals surface area contributed by atoms with E-state index in [2.05, 4.69) is 10.6 Å². The molecule has 0 aliphatic heterocycles. The van der Waals surface area contributed by atoms with Gasteiger partial charge in [0.15, 0.2) is 0 Å². The molecule has 3 rings (SSSR count). The number of benzene rings is 3. The van der Waals surface area contributed by atoms with Crippen molar-refractivity contribution in [3.63, 3.8) is 0 Å². The lowest BCUT2D eigenvalue weighted by molar-refractivity contribution is 0.0952. The topological polar surface area (TPSA) is 67.4 Å². The van der Waals surface area contributed by atoms with Gasteiger partial charge in [0.25, 0.3) is 11.8 Å². The molecule has 2 N–H and O–H groups in total. The highest BCUT2D eigenvalue weighted by molar-refractivity contribution is 6.38. The smallest absolute Gasteiger partial charge is 0.255 e. The molecule has 0 fully saturated rings. The van der Waals surface area contributed by atoms with E-state index in [-0.39, 0.29) is 16.3 Å². The van der Waals surface area contributed by atoms with Gasteiger partial charge < -0.3 is 15.4 Å². The van der Waals surface area contributed by atoms with Crippen molar-refractivity contribution in [2.75, 3.05) is 12.4 Å². The van der Waals surface area contributed by atoms with Gasteiger partial charge in [-0.25, -0.2) is 0 Å². The number of amides is 2. The summed E-state index contributed by atoms with van der Waals surface area (Å²) in [5.74, 6) is -0.177. The Labute approximate surface area is 178 Å². The maximum atomic E-state index is 12.7. The summed E-state index contributed by atoms with van der Waals surface area (Å²) < 4.78 is 5.09. The summed E-state index contributed by atoms with van der Waals surface area (Å²) in [6, 6.07) is 19.0. The summed E-state index contributed by atoms with van der Waals surface area (Å²) in [6.45, 7) is 0.329. The van der Waals surface area contributed by atoms with Crippen LogP contribution >= 0.6 is 23.2 Å². The Bertz CT molecular complexity index is 1020. The minimum atomic E-state index is -0.408. The van der Waals surface area contributed by atoms with Gasteiger partial charge in [0.2, 0.25) is 0 Å². The van der Waals surface area contributed by atoms with Crippen LogP contribution in [0, 0.1) is 0 Å². The average molecular weight is 429 g/mol. The van der Waals surface area contributed by atoms with E-state index in [4.69, 9.17) is 27.9 Å². The zero-order chi connectivity index (χ0) is 20.8. The standard InChI is InChI=1S/C22H18Cl2N2O3/c1-29-17-9-7-15(8-10-17)21(27)26-20-18(11-16(23)12-19(20)24)22(28)25-13-14-5-3-2-4-6-14/h2-12H,13H2,1H3,(H,25,28)(H,26,27). The van der Waals surface area contributed by atoms with Crippen LogP contribution < -0.4 is 15.4 Å². The molecular weight excluding hydrogens is 411 g/mol. The van der Waals surface area contributed by atoms with Crippen molar-refractivity contribution in [3.05, 3.63) is 93.5 Å². The van der Waals surface area contributed by atoms with Gasteiger partial charge in [0.05, 0.1) is 23.4 Å². The molecule has 0 saturated heterocycles. The van der Waals surface area contributed by atoms with E-state index in [0.29, 0.717) is 22.9 Å². The molecule has 0 bridgehead atoms. The molecule has 0 unspecified atom stereocenters. The average Bonchev–Trinajstić information content (AvgIpc) is 2.74. The maximum Gasteiger partial charge on any atom is 0.255 e. The fourth-order valence-corrected chi connectivity index (χ4v) is 3.22. The first-order valence-electron chi connectivity index (χ1n) is 8.74. The molecule has 0 aromatic heterocycles. The van der Waals surface area contributed by atoms with Crippen molar-refractivity contribution in [1.29, 1.82) is 0 Å². The van der Waals surface area contributed by atoms with Gasteiger partial charge in [-0.15, -0.1) is 0 Å². The number of carbonyl (C=O) groups excluding carboxylic acids is 2. The second-order valence-corrected chi connectivity index (χ2v) is 7.00. The molecule has 0 aliphatic rings. The third kappa shape index (κ3) is 5.28. The maximum absolute atomic E-state index is 12.7. The zero-order valence-electron chi connectivity index (χ0n) is 15.5. The van der Waals surface area contributed by atoms with Crippen LogP contribution in [-0.4, -0.2) is 18.9 Å². The number of halogens is 2. The molecule has 0 radical (unpaired) electrons. The Hall–Kier alpha value is -3.02. The van der Waals surface area contributed by atoms with Crippen molar-refractivity contribution in [2.24, 2.45) is 0 Å². The van der Waals surface area contributed by atoms with Crippen LogP contribution in [0.5, 0.6) is 5.75 Å². The second kappa shape index (κ2) is 9.45.